The summed E-state index contributed by atoms with van der Waals surface area (Å²) in [6.45, 7) is 2.90. The van der Waals surface area contributed by atoms with Crippen LogP contribution < -0.4 is 5.32 Å². The quantitative estimate of drug-likeness (QED) is 0.262. The van der Waals surface area contributed by atoms with Crippen LogP contribution in [0, 0.1) is 12.7 Å². The second kappa shape index (κ2) is 10.7. The second-order valence-corrected chi connectivity index (χ2v) is 9.54. The second-order valence-electron chi connectivity index (χ2n) is 8.59. The summed E-state index contributed by atoms with van der Waals surface area (Å²) in [5.74, 6) is 0.324. The first kappa shape index (κ1) is 23.8. The molecule has 180 valence electrons. The first-order valence-electron chi connectivity index (χ1n) is 11.7. The van der Waals surface area contributed by atoms with Crippen LogP contribution in [-0.2, 0) is 18.8 Å². The van der Waals surface area contributed by atoms with Crippen molar-refractivity contribution in [2.45, 2.75) is 30.9 Å². The zero-order chi connectivity index (χ0) is 24.9. The molecule has 0 spiro atoms. The molecular formula is C29H25FN4OS. The van der Waals surface area contributed by atoms with Crippen molar-refractivity contribution in [3.63, 3.8) is 0 Å². The lowest BCUT2D eigenvalue weighted by molar-refractivity contribution is 0.0951. The summed E-state index contributed by atoms with van der Waals surface area (Å²) in [5, 5.41) is 3.77. The fourth-order valence-electron chi connectivity index (χ4n) is 4.01. The van der Waals surface area contributed by atoms with Gasteiger partial charge in [-0.3, -0.25) is 9.78 Å². The number of imidazole rings is 1. The van der Waals surface area contributed by atoms with E-state index in [1.165, 1.54) is 11.6 Å². The average molecular weight is 497 g/mol. The predicted molar refractivity (Wildman–Crippen MR) is 141 cm³/mol. The molecule has 5 rings (SSSR count). The lowest BCUT2D eigenvalue weighted by Crippen LogP contribution is -2.22. The minimum Gasteiger partial charge on any atom is -0.348 e. The Hall–Kier alpha value is -3.97. The monoisotopic (exact) mass is 496 g/mol. The van der Waals surface area contributed by atoms with Crippen molar-refractivity contribution >= 4 is 28.7 Å². The topological polar surface area (TPSA) is 59.8 Å². The van der Waals surface area contributed by atoms with Crippen molar-refractivity contribution in [3.05, 3.63) is 125 Å². The minimum atomic E-state index is -0.240. The Balaban J connectivity index is 1.27. The van der Waals surface area contributed by atoms with Gasteiger partial charge < -0.3 is 9.88 Å². The highest BCUT2D eigenvalue weighted by atomic mass is 32.2. The number of fused-ring (bicyclic) bond motifs is 1. The molecule has 2 heterocycles. The van der Waals surface area contributed by atoms with Gasteiger partial charge in [0.1, 0.15) is 5.82 Å². The molecule has 0 radical (unpaired) electrons. The summed E-state index contributed by atoms with van der Waals surface area (Å²) in [6, 6.07) is 24.3. The third kappa shape index (κ3) is 5.47. The fourth-order valence-corrected chi connectivity index (χ4v) is 4.98. The molecule has 0 saturated carbocycles. The highest BCUT2D eigenvalue weighted by Gasteiger charge is 2.14. The van der Waals surface area contributed by atoms with Gasteiger partial charge in [0.25, 0.3) is 5.91 Å². The van der Waals surface area contributed by atoms with Gasteiger partial charge in [0.2, 0.25) is 0 Å². The van der Waals surface area contributed by atoms with E-state index in [1.54, 1.807) is 36.3 Å². The molecular weight excluding hydrogens is 471 g/mol. The zero-order valence-corrected chi connectivity index (χ0v) is 20.6. The molecule has 7 heteroatoms. The molecule has 0 aliphatic heterocycles. The lowest BCUT2D eigenvalue weighted by Gasteiger charge is -2.10. The first-order chi connectivity index (χ1) is 17.6. The number of nitrogens with one attached hydrogen (secondary N) is 1. The van der Waals surface area contributed by atoms with E-state index < -0.39 is 0 Å². The van der Waals surface area contributed by atoms with Gasteiger partial charge in [-0.1, -0.05) is 71.9 Å². The van der Waals surface area contributed by atoms with E-state index in [4.69, 9.17) is 4.98 Å². The Labute approximate surface area is 213 Å². The highest BCUT2D eigenvalue weighted by molar-refractivity contribution is 7.98. The van der Waals surface area contributed by atoms with Crippen molar-refractivity contribution in [3.8, 4) is 0 Å². The van der Waals surface area contributed by atoms with Crippen LogP contribution in [0.3, 0.4) is 0 Å². The molecule has 36 heavy (non-hydrogen) atoms. The molecule has 2 aromatic heterocycles. The van der Waals surface area contributed by atoms with E-state index in [-0.39, 0.29) is 11.7 Å². The Morgan fingerprint density at radius 1 is 1.00 bits per heavy atom. The predicted octanol–water partition coefficient (Wildman–Crippen LogP) is 6.15. The van der Waals surface area contributed by atoms with Gasteiger partial charge in [0, 0.05) is 29.6 Å². The van der Waals surface area contributed by atoms with Gasteiger partial charge in [-0.15, -0.1) is 0 Å². The van der Waals surface area contributed by atoms with Crippen molar-refractivity contribution in [2.75, 3.05) is 0 Å². The summed E-state index contributed by atoms with van der Waals surface area (Å²) in [4.78, 5) is 21.6. The van der Waals surface area contributed by atoms with E-state index in [1.807, 2.05) is 66.1 Å². The van der Waals surface area contributed by atoms with Crippen LogP contribution >= 0.6 is 11.8 Å². The van der Waals surface area contributed by atoms with Crippen LogP contribution in [0.15, 0.2) is 96.4 Å². The summed E-state index contributed by atoms with van der Waals surface area (Å²) < 4.78 is 16.3. The van der Waals surface area contributed by atoms with Gasteiger partial charge in [-0.2, -0.15) is 0 Å². The van der Waals surface area contributed by atoms with Crippen molar-refractivity contribution in [2.24, 2.45) is 0 Å². The van der Waals surface area contributed by atoms with Crippen LogP contribution in [0.25, 0.3) is 11.0 Å². The Kier molecular flexibility index (Phi) is 7.09. The van der Waals surface area contributed by atoms with Gasteiger partial charge >= 0.3 is 0 Å². The number of pyridine rings is 1. The number of benzene rings is 3. The van der Waals surface area contributed by atoms with E-state index in [0.29, 0.717) is 30.0 Å². The molecule has 0 fully saturated rings. The van der Waals surface area contributed by atoms with Crippen LogP contribution in [0.1, 0.15) is 32.6 Å². The van der Waals surface area contributed by atoms with Crippen molar-refractivity contribution in [1.29, 1.82) is 0 Å². The Morgan fingerprint density at radius 2 is 1.83 bits per heavy atom. The Bertz CT molecular complexity index is 1510. The van der Waals surface area contributed by atoms with E-state index >= 15 is 0 Å². The summed E-state index contributed by atoms with van der Waals surface area (Å²) in [5.41, 5.74) is 6.22. The van der Waals surface area contributed by atoms with Crippen LogP contribution in [-0.4, -0.2) is 20.4 Å². The number of thioether (sulfide) groups is 1. The summed E-state index contributed by atoms with van der Waals surface area (Å²) in [6.07, 6.45) is 3.47. The minimum absolute atomic E-state index is 0.102. The van der Waals surface area contributed by atoms with Gasteiger partial charge in [0.15, 0.2) is 5.16 Å². The third-order valence-electron chi connectivity index (χ3n) is 5.92. The molecule has 0 bridgehead atoms. The zero-order valence-electron chi connectivity index (χ0n) is 19.8. The molecule has 0 aliphatic carbocycles. The van der Waals surface area contributed by atoms with Crippen LogP contribution in [0.4, 0.5) is 4.39 Å². The number of nitrogens with zero attached hydrogens (tertiary/aromatic N) is 3. The third-order valence-corrected chi connectivity index (χ3v) is 6.97. The van der Waals surface area contributed by atoms with E-state index in [9.17, 15) is 9.18 Å². The van der Waals surface area contributed by atoms with E-state index in [2.05, 4.69) is 16.4 Å². The molecule has 0 aliphatic rings. The van der Waals surface area contributed by atoms with E-state index in [0.717, 1.165) is 27.3 Å². The molecule has 0 saturated heterocycles. The maximum absolute atomic E-state index is 14.3. The maximum atomic E-state index is 14.3. The molecule has 5 nitrogen and oxygen atoms in total. The highest BCUT2D eigenvalue weighted by Crippen LogP contribution is 2.28. The Morgan fingerprint density at radius 3 is 2.64 bits per heavy atom. The number of aromatic nitrogens is 3. The van der Waals surface area contributed by atoms with Gasteiger partial charge in [-0.05, 0) is 42.3 Å². The van der Waals surface area contributed by atoms with Gasteiger partial charge in [0.05, 0.1) is 23.8 Å². The molecule has 3 aromatic carbocycles. The molecule has 0 atom stereocenters. The number of aryl methyl sites for hydroxylation is 1. The molecule has 1 amide bonds. The molecule has 0 unspecified atom stereocenters. The van der Waals surface area contributed by atoms with Gasteiger partial charge in [-0.25, -0.2) is 9.37 Å². The first-order valence-corrected chi connectivity index (χ1v) is 12.6. The fraction of sp³-hybridized carbons (Fsp3) is 0.138. The largest absolute Gasteiger partial charge is 0.348 e. The molecule has 1 N–H and O–H groups in total. The number of halogens is 1. The number of hydrogen-bond donors (Lipinski definition) is 1. The number of rotatable bonds is 8. The van der Waals surface area contributed by atoms with Crippen LogP contribution in [0.5, 0.6) is 0 Å². The average Bonchev–Trinajstić information content (AvgIpc) is 3.25. The SMILES string of the molecule is Cc1cccc(CNC(=O)c2ccc(CSc3nc4ccncc4n3Cc3ccccc3F)cc2)c1. The smallest absolute Gasteiger partial charge is 0.251 e. The number of hydrogen-bond acceptors (Lipinski definition) is 4. The number of amides is 1. The number of carbonyl (C=O) groups excluding carboxylic acids is 1. The summed E-state index contributed by atoms with van der Waals surface area (Å²) >= 11 is 1.58. The summed E-state index contributed by atoms with van der Waals surface area (Å²) in [7, 11) is 0. The normalized spacial score (nSPS) is 11.1. The standard InChI is InChI=1S/C29H25FN4OS/c1-20-5-4-6-22(15-20)16-32-28(35)23-11-9-21(10-12-23)19-36-29-33-26-13-14-31-17-27(26)34(29)18-24-7-2-3-8-25(24)30/h2-15,17H,16,18-19H2,1H3,(H,32,35). The van der Waals surface area contributed by atoms with Crippen molar-refractivity contribution < 1.29 is 9.18 Å². The number of carbonyl (C=O) groups is 1. The van der Waals surface area contributed by atoms with Crippen LogP contribution in [0.2, 0.25) is 0 Å². The lowest BCUT2D eigenvalue weighted by atomic mass is 10.1. The maximum Gasteiger partial charge on any atom is 0.251 e. The van der Waals surface area contributed by atoms with Crippen molar-refractivity contribution in [1.82, 2.24) is 19.9 Å². The molecule has 5 aromatic rings.